The van der Waals surface area contributed by atoms with E-state index >= 15 is 0 Å². The van der Waals surface area contributed by atoms with E-state index in [1.165, 1.54) is 0 Å². The molecule has 0 aliphatic carbocycles. The third kappa shape index (κ3) is 3.22. The molecule has 22 heavy (non-hydrogen) atoms. The molecule has 10 heteroatoms. The van der Waals surface area contributed by atoms with E-state index in [1.54, 1.807) is 30.3 Å². The Morgan fingerprint density at radius 1 is 1.50 bits per heavy atom. The Morgan fingerprint density at radius 2 is 2.23 bits per heavy atom. The standard InChI is InChI=1S/C12H10N8OS/c13-5-8(10(14)15)18-17-7-4-2-1-3-6(7)9-11(21)16-12(22)20-19-9/h1-4,17H,(H3,14,15)(H2,16,20,21,22)/b18-8+. The van der Waals surface area contributed by atoms with Gasteiger partial charge in [-0.1, -0.05) is 18.2 Å². The summed E-state index contributed by atoms with van der Waals surface area (Å²) < 4.78 is 0.112. The lowest BCUT2D eigenvalue weighted by molar-refractivity contribution is 0.932. The van der Waals surface area contributed by atoms with Gasteiger partial charge in [0.15, 0.2) is 16.3 Å². The van der Waals surface area contributed by atoms with E-state index in [9.17, 15) is 4.79 Å². The molecule has 0 saturated carbocycles. The zero-order chi connectivity index (χ0) is 16.1. The van der Waals surface area contributed by atoms with Crippen molar-refractivity contribution in [1.29, 1.82) is 10.7 Å². The highest BCUT2D eigenvalue weighted by Crippen LogP contribution is 2.23. The molecule has 0 spiro atoms. The molecule has 0 atom stereocenters. The first-order chi connectivity index (χ1) is 10.5. The first kappa shape index (κ1) is 15.1. The van der Waals surface area contributed by atoms with Gasteiger partial charge in [-0.05, 0) is 18.3 Å². The average molecular weight is 314 g/mol. The van der Waals surface area contributed by atoms with E-state index in [2.05, 4.69) is 25.7 Å². The summed E-state index contributed by atoms with van der Waals surface area (Å²) in [5.41, 5.74) is 8.03. The fourth-order valence-corrected chi connectivity index (χ4v) is 1.72. The Bertz CT molecular complexity index is 904. The minimum Gasteiger partial charge on any atom is -0.382 e. The third-order valence-corrected chi connectivity index (χ3v) is 2.74. The van der Waals surface area contributed by atoms with E-state index in [4.69, 9.17) is 28.6 Å². The van der Waals surface area contributed by atoms with Crippen LogP contribution in [-0.2, 0) is 0 Å². The quantitative estimate of drug-likeness (QED) is 0.242. The van der Waals surface area contributed by atoms with Gasteiger partial charge in [0, 0.05) is 5.56 Å². The molecule has 6 N–H and O–H groups in total. The second kappa shape index (κ2) is 6.42. The summed E-state index contributed by atoms with van der Waals surface area (Å²) in [5.74, 6) is -0.466. The van der Waals surface area contributed by atoms with Gasteiger partial charge in [0.2, 0.25) is 5.71 Å². The van der Waals surface area contributed by atoms with Crippen LogP contribution in [0.5, 0.6) is 0 Å². The van der Waals surface area contributed by atoms with Gasteiger partial charge in [0.1, 0.15) is 6.07 Å². The molecule has 1 heterocycles. The highest BCUT2D eigenvalue weighted by molar-refractivity contribution is 7.71. The molecule has 0 fully saturated rings. The number of nitriles is 1. The second-order valence-corrected chi connectivity index (χ2v) is 4.41. The highest BCUT2D eigenvalue weighted by Gasteiger charge is 2.10. The summed E-state index contributed by atoms with van der Waals surface area (Å²) in [4.78, 5) is 14.4. The maximum absolute atomic E-state index is 11.9. The summed E-state index contributed by atoms with van der Waals surface area (Å²) in [6.07, 6.45) is 0. The van der Waals surface area contributed by atoms with Crippen LogP contribution in [0.4, 0.5) is 5.69 Å². The molecular weight excluding hydrogens is 304 g/mol. The monoisotopic (exact) mass is 314 g/mol. The number of hydrogen-bond acceptors (Lipinski definition) is 7. The molecule has 2 aromatic rings. The number of rotatable bonds is 4. The topological polar surface area (TPSA) is 160 Å². The Hall–Kier alpha value is -3.32. The predicted molar refractivity (Wildman–Crippen MR) is 84.1 cm³/mol. The number of anilines is 1. The molecule has 0 aliphatic rings. The van der Waals surface area contributed by atoms with Crippen molar-refractivity contribution < 1.29 is 0 Å². The van der Waals surface area contributed by atoms with Gasteiger partial charge >= 0.3 is 0 Å². The number of aromatic nitrogens is 3. The molecule has 0 unspecified atom stereocenters. The molecule has 110 valence electrons. The first-order valence-corrected chi connectivity index (χ1v) is 6.30. The summed E-state index contributed by atoms with van der Waals surface area (Å²) in [6.45, 7) is 0. The van der Waals surface area contributed by atoms with Crippen LogP contribution < -0.4 is 16.7 Å². The molecule has 0 radical (unpaired) electrons. The summed E-state index contributed by atoms with van der Waals surface area (Å²) in [7, 11) is 0. The van der Waals surface area contributed by atoms with Crippen molar-refractivity contribution in [2.45, 2.75) is 0 Å². The maximum Gasteiger partial charge on any atom is 0.278 e. The fourth-order valence-electron chi connectivity index (χ4n) is 1.58. The van der Waals surface area contributed by atoms with E-state index < -0.39 is 11.4 Å². The van der Waals surface area contributed by atoms with Crippen LogP contribution in [0.3, 0.4) is 0 Å². The minimum atomic E-state index is -0.466. The Balaban J connectivity index is 2.48. The number of benzene rings is 1. The van der Waals surface area contributed by atoms with Crippen molar-refractivity contribution >= 4 is 29.5 Å². The molecule has 1 aromatic heterocycles. The van der Waals surface area contributed by atoms with Gasteiger partial charge in [0.25, 0.3) is 5.56 Å². The lowest BCUT2D eigenvalue weighted by Crippen LogP contribution is -2.22. The fraction of sp³-hybridized carbons (Fsp3) is 0. The molecule has 0 amide bonds. The van der Waals surface area contributed by atoms with Crippen LogP contribution in [0.1, 0.15) is 0 Å². The van der Waals surface area contributed by atoms with Gasteiger partial charge in [-0.15, -0.1) is 0 Å². The van der Waals surface area contributed by atoms with Gasteiger partial charge < -0.3 is 5.73 Å². The number of H-pyrrole nitrogens is 2. The van der Waals surface area contributed by atoms with E-state index in [-0.39, 0.29) is 16.2 Å². The van der Waals surface area contributed by atoms with Crippen LogP contribution in [0.2, 0.25) is 0 Å². The van der Waals surface area contributed by atoms with Crippen LogP contribution in [0.25, 0.3) is 11.3 Å². The number of hydrazone groups is 1. The number of amidine groups is 1. The van der Waals surface area contributed by atoms with Crippen molar-refractivity contribution in [3.8, 4) is 17.3 Å². The number of para-hydroxylation sites is 1. The zero-order valence-electron chi connectivity index (χ0n) is 11.0. The van der Waals surface area contributed by atoms with Crippen LogP contribution >= 0.6 is 12.2 Å². The maximum atomic E-state index is 11.9. The predicted octanol–water partition coefficient (Wildman–Crippen LogP) is 0.722. The van der Waals surface area contributed by atoms with Crippen molar-refractivity contribution in [1.82, 2.24) is 15.2 Å². The number of nitrogens with two attached hydrogens (primary N) is 1. The lowest BCUT2D eigenvalue weighted by atomic mass is 10.1. The molecule has 0 bridgehead atoms. The average Bonchev–Trinajstić information content (AvgIpc) is 2.48. The molecule has 9 nitrogen and oxygen atoms in total. The normalized spacial score (nSPS) is 10.8. The Labute approximate surface area is 129 Å². The van der Waals surface area contributed by atoms with E-state index in [1.807, 2.05) is 0 Å². The molecule has 0 aliphatic heterocycles. The van der Waals surface area contributed by atoms with Crippen molar-refractivity contribution in [2.75, 3.05) is 5.43 Å². The third-order valence-electron chi connectivity index (χ3n) is 2.54. The van der Waals surface area contributed by atoms with Crippen LogP contribution in [0, 0.1) is 21.5 Å². The first-order valence-electron chi connectivity index (χ1n) is 5.89. The molecular formula is C12H10N8OS. The van der Waals surface area contributed by atoms with Crippen LogP contribution in [-0.4, -0.2) is 26.7 Å². The van der Waals surface area contributed by atoms with Crippen molar-refractivity contribution in [3.05, 3.63) is 39.4 Å². The van der Waals surface area contributed by atoms with Gasteiger partial charge in [0.05, 0.1) is 5.69 Å². The second-order valence-electron chi connectivity index (χ2n) is 4.00. The Kier molecular flexibility index (Phi) is 4.40. The van der Waals surface area contributed by atoms with Gasteiger partial charge in [-0.2, -0.15) is 15.5 Å². The lowest BCUT2D eigenvalue weighted by Gasteiger charge is -2.07. The zero-order valence-corrected chi connectivity index (χ0v) is 11.9. The number of nitrogens with one attached hydrogen (secondary N) is 4. The van der Waals surface area contributed by atoms with E-state index in [0.29, 0.717) is 11.3 Å². The summed E-state index contributed by atoms with van der Waals surface area (Å²) in [6, 6.07) is 8.39. The largest absolute Gasteiger partial charge is 0.382 e. The Morgan fingerprint density at radius 3 is 2.86 bits per heavy atom. The van der Waals surface area contributed by atoms with E-state index in [0.717, 1.165) is 0 Å². The van der Waals surface area contributed by atoms with Crippen molar-refractivity contribution in [2.24, 2.45) is 10.8 Å². The highest BCUT2D eigenvalue weighted by atomic mass is 32.1. The molecule has 0 saturated heterocycles. The number of nitrogens with zero attached hydrogens (tertiary/aromatic N) is 3. The molecule has 1 aromatic carbocycles. The van der Waals surface area contributed by atoms with Crippen molar-refractivity contribution in [3.63, 3.8) is 0 Å². The minimum absolute atomic E-state index is 0.105. The summed E-state index contributed by atoms with van der Waals surface area (Å²) >= 11 is 4.79. The smallest absolute Gasteiger partial charge is 0.278 e. The van der Waals surface area contributed by atoms with Crippen LogP contribution in [0.15, 0.2) is 34.2 Å². The SMILES string of the molecule is N#C/C(=N\Nc1ccccc1-c1n[nH]c(=S)[nH]c1=O)C(=N)N. The number of hydrogen-bond donors (Lipinski definition) is 5. The number of aromatic amines is 2. The molecule has 2 rings (SSSR count). The summed E-state index contributed by atoms with van der Waals surface area (Å²) in [5, 5.41) is 26.1. The van der Waals surface area contributed by atoms with Gasteiger partial charge in [-0.3, -0.25) is 25.7 Å². The van der Waals surface area contributed by atoms with Gasteiger partial charge in [-0.25, -0.2) is 0 Å².